The van der Waals surface area contributed by atoms with Crippen LogP contribution in [0.15, 0.2) is 0 Å². The molecule has 0 saturated heterocycles. The third-order valence-corrected chi connectivity index (χ3v) is 5.79. The highest BCUT2D eigenvalue weighted by Crippen LogP contribution is 2.19. The smallest absolute Gasteiger partial charge is 0.112 e. The molecule has 0 aromatic carbocycles. The van der Waals surface area contributed by atoms with Gasteiger partial charge in [-0.3, -0.25) is 0 Å². The zero-order valence-corrected chi connectivity index (χ0v) is 8.66. The van der Waals surface area contributed by atoms with Crippen LogP contribution in [-0.2, 0) is 10.9 Å². The van der Waals surface area contributed by atoms with Crippen molar-refractivity contribution in [3.63, 3.8) is 0 Å². The molecule has 2 heteroatoms. The molecule has 1 atom stereocenters. The van der Waals surface area contributed by atoms with Gasteiger partial charge < -0.3 is 0 Å². The van der Waals surface area contributed by atoms with Gasteiger partial charge >= 0.3 is 0 Å². The van der Waals surface area contributed by atoms with E-state index < -0.39 is 0 Å². The van der Waals surface area contributed by atoms with Gasteiger partial charge in [0.2, 0.25) is 0 Å². The Morgan fingerprint density at radius 2 is 1.78 bits per heavy atom. The van der Waals surface area contributed by atoms with Crippen LogP contribution in [-0.4, -0.2) is 22.3 Å². The third kappa shape index (κ3) is 4.15. The summed E-state index contributed by atoms with van der Waals surface area (Å²) in [6.07, 6.45) is 4.52. The highest BCUT2D eigenvalue weighted by Gasteiger charge is 2.28. The Kier molecular flexibility index (Phi) is 4.06. The molecule has 0 aromatic rings. The van der Waals surface area contributed by atoms with Gasteiger partial charge in [0, 0.05) is 0 Å². The zero-order chi connectivity index (χ0) is 7.49. The average molecular weight is 165 g/mol. The first-order chi connectivity index (χ1) is 3.98. The van der Waals surface area contributed by atoms with Gasteiger partial charge in [-0.2, -0.15) is 0 Å². The van der Waals surface area contributed by atoms with Crippen LogP contribution in [0.1, 0.15) is 20.8 Å². The molecule has 0 saturated carbocycles. The normalized spacial score (nSPS) is 15.7. The molecule has 1 unspecified atom stereocenters. The number of thioether (sulfide) groups is 1. The minimum Gasteiger partial charge on any atom is -0.112 e. The molecule has 0 radical (unpaired) electrons. The van der Waals surface area contributed by atoms with E-state index in [2.05, 4.69) is 33.3 Å². The second-order valence-corrected chi connectivity index (χ2v) is 7.18. The van der Waals surface area contributed by atoms with E-state index in [1.165, 1.54) is 5.08 Å². The fourth-order valence-corrected chi connectivity index (χ4v) is 3.18. The Balaban J connectivity index is 3.59. The van der Waals surface area contributed by atoms with Gasteiger partial charge in [0.1, 0.15) is 4.75 Å². The Morgan fingerprint density at radius 3 is 1.89 bits per heavy atom. The summed E-state index contributed by atoms with van der Waals surface area (Å²) in [7, 11) is 0.576. The number of hydrogen-bond donors (Lipinski definition) is 0. The molecule has 0 rings (SSSR count). The maximum absolute atomic E-state index is 2.34. The lowest BCUT2D eigenvalue weighted by Gasteiger charge is -2.16. The quantitative estimate of drug-likeness (QED) is 0.566. The highest BCUT2D eigenvalue weighted by atomic mass is 32.2. The molecule has 0 N–H and O–H groups in total. The molecule has 0 aromatic heterocycles. The summed E-state index contributed by atoms with van der Waals surface area (Å²) >= 11 is 1.95. The van der Waals surface area contributed by atoms with E-state index in [0.29, 0.717) is 15.6 Å². The molecular weight excluding hydrogens is 148 g/mol. The predicted octanol–water partition coefficient (Wildman–Crippen LogP) is 2.35. The summed E-state index contributed by atoms with van der Waals surface area (Å²) in [6.45, 7) is 6.94. The van der Waals surface area contributed by atoms with Gasteiger partial charge in [0.15, 0.2) is 5.08 Å². The van der Waals surface area contributed by atoms with Crippen LogP contribution < -0.4 is 0 Å². The van der Waals surface area contributed by atoms with Crippen molar-refractivity contribution in [3.8, 4) is 0 Å². The van der Waals surface area contributed by atoms with Crippen molar-refractivity contribution in [1.82, 2.24) is 0 Å². The summed E-state index contributed by atoms with van der Waals surface area (Å²) in [6, 6.07) is 0. The van der Waals surface area contributed by atoms with E-state index in [4.69, 9.17) is 0 Å². The molecule has 56 valence electrons. The van der Waals surface area contributed by atoms with Crippen LogP contribution in [0.25, 0.3) is 0 Å². The van der Waals surface area contributed by atoms with Crippen molar-refractivity contribution in [1.29, 1.82) is 0 Å². The van der Waals surface area contributed by atoms with Crippen LogP contribution in [0, 0.1) is 0 Å². The first-order valence-electron chi connectivity index (χ1n) is 3.10. The molecular formula is C7H17S2+. The van der Waals surface area contributed by atoms with Crippen LogP contribution in [0.3, 0.4) is 0 Å². The second-order valence-electron chi connectivity index (χ2n) is 3.16. The first-order valence-corrected chi connectivity index (χ1v) is 6.29. The van der Waals surface area contributed by atoms with E-state index in [-0.39, 0.29) is 0 Å². The average Bonchev–Trinajstić information content (AvgIpc) is 1.64. The topological polar surface area (TPSA) is 0 Å². The second kappa shape index (κ2) is 3.77. The summed E-state index contributed by atoms with van der Waals surface area (Å²) in [5.74, 6) is 0. The third-order valence-electron chi connectivity index (χ3n) is 1.34. The molecule has 0 aliphatic carbocycles. The van der Waals surface area contributed by atoms with Crippen molar-refractivity contribution in [2.45, 2.75) is 25.5 Å². The number of hydrogen-bond acceptors (Lipinski definition) is 1. The zero-order valence-electron chi connectivity index (χ0n) is 7.02. The van der Waals surface area contributed by atoms with Crippen molar-refractivity contribution in [3.05, 3.63) is 0 Å². The van der Waals surface area contributed by atoms with E-state index in [9.17, 15) is 0 Å². The lowest BCUT2D eigenvalue weighted by molar-refractivity contribution is 0.795. The predicted molar refractivity (Wildman–Crippen MR) is 51.4 cm³/mol. The van der Waals surface area contributed by atoms with Crippen molar-refractivity contribution < 1.29 is 0 Å². The Labute approximate surface area is 66.1 Å². The molecule has 0 spiro atoms. The van der Waals surface area contributed by atoms with Gasteiger partial charge in [-0.1, -0.05) is 0 Å². The number of rotatable bonds is 2. The van der Waals surface area contributed by atoms with Gasteiger partial charge in [0.05, 0.1) is 6.26 Å². The summed E-state index contributed by atoms with van der Waals surface area (Å²) in [5, 5.41) is 1.31. The molecule has 0 amide bonds. The molecule has 0 bridgehead atoms. The van der Waals surface area contributed by atoms with E-state index in [0.717, 1.165) is 0 Å². The minimum absolute atomic E-state index is 0.517. The maximum Gasteiger partial charge on any atom is 0.153 e. The van der Waals surface area contributed by atoms with E-state index in [1.54, 1.807) is 0 Å². The highest BCUT2D eigenvalue weighted by molar-refractivity contribution is 8.14. The van der Waals surface area contributed by atoms with Crippen LogP contribution in [0.2, 0.25) is 0 Å². The standard InChI is InChI=1S/C7H17S2/c1-7(2,3)9(5)6-8-4/h6H2,1-5H3/q+1. The van der Waals surface area contributed by atoms with Crippen LogP contribution in [0.5, 0.6) is 0 Å². The first kappa shape index (κ1) is 9.70. The summed E-state index contributed by atoms with van der Waals surface area (Å²) in [4.78, 5) is 0. The van der Waals surface area contributed by atoms with Gasteiger partial charge in [0.25, 0.3) is 0 Å². The van der Waals surface area contributed by atoms with E-state index in [1.807, 2.05) is 11.8 Å². The molecule has 0 fully saturated rings. The molecule has 0 aliphatic rings. The molecule has 0 aliphatic heterocycles. The molecule has 0 heterocycles. The molecule has 9 heavy (non-hydrogen) atoms. The van der Waals surface area contributed by atoms with Crippen molar-refractivity contribution >= 4 is 22.7 Å². The maximum atomic E-state index is 2.34. The lowest BCUT2D eigenvalue weighted by Crippen LogP contribution is -2.28. The Bertz CT molecular complexity index is 73.5. The Hall–Kier alpha value is 0.700. The van der Waals surface area contributed by atoms with E-state index >= 15 is 0 Å². The monoisotopic (exact) mass is 165 g/mol. The minimum atomic E-state index is 0.517. The van der Waals surface area contributed by atoms with Gasteiger partial charge in [-0.15, -0.1) is 11.8 Å². The van der Waals surface area contributed by atoms with Gasteiger partial charge in [-0.05, 0) is 37.9 Å². The fourth-order valence-electron chi connectivity index (χ4n) is 0.354. The summed E-state index contributed by atoms with van der Waals surface area (Å²) < 4.78 is 0.517. The van der Waals surface area contributed by atoms with Crippen molar-refractivity contribution in [2.75, 3.05) is 17.6 Å². The van der Waals surface area contributed by atoms with Crippen molar-refractivity contribution in [2.24, 2.45) is 0 Å². The van der Waals surface area contributed by atoms with Crippen LogP contribution >= 0.6 is 11.8 Å². The summed E-state index contributed by atoms with van der Waals surface area (Å²) in [5.41, 5.74) is 0. The lowest BCUT2D eigenvalue weighted by atomic mass is 10.3. The van der Waals surface area contributed by atoms with Crippen LogP contribution in [0.4, 0.5) is 0 Å². The Morgan fingerprint density at radius 1 is 1.33 bits per heavy atom. The largest absolute Gasteiger partial charge is 0.153 e. The molecule has 0 nitrogen and oxygen atoms in total. The fraction of sp³-hybridized carbons (Fsp3) is 1.00. The SMILES string of the molecule is CSC[S+](C)C(C)(C)C. The van der Waals surface area contributed by atoms with Gasteiger partial charge in [-0.25, -0.2) is 0 Å².